The molecule has 1 atom stereocenters. The van der Waals surface area contributed by atoms with Gasteiger partial charge in [-0.3, -0.25) is 0 Å². The van der Waals surface area contributed by atoms with Crippen LogP contribution in [0.5, 0.6) is 5.75 Å². The normalized spacial score (nSPS) is 17.8. The molecule has 1 aromatic heterocycles. The molecular weight excluding hydrogens is 348 g/mol. The number of likely N-dealkylation sites (tertiary alicyclic amines) is 1. The van der Waals surface area contributed by atoms with Gasteiger partial charge in [0.2, 0.25) is 0 Å². The van der Waals surface area contributed by atoms with Crippen LogP contribution >= 0.6 is 0 Å². The molecule has 1 aliphatic rings. The number of phenolic OH excluding ortho intramolecular Hbond substituents is 1. The maximum atomic E-state index is 10.3. The van der Waals surface area contributed by atoms with Gasteiger partial charge in [-0.1, -0.05) is 18.2 Å². The first-order valence-corrected chi connectivity index (χ1v) is 9.97. The van der Waals surface area contributed by atoms with Gasteiger partial charge in [0.25, 0.3) is 0 Å². The largest absolute Gasteiger partial charge is 0.507 e. The molecule has 28 heavy (non-hydrogen) atoms. The van der Waals surface area contributed by atoms with Crippen LogP contribution < -0.4 is 4.90 Å². The number of aromatic nitrogens is 2. The number of nitrogens with zero attached hydrogens (tertiary/aromatic N) is 4. The number of aromatic hydroxyl groups is 1. The lowest BCUT2D eigenvalue weighted by Crippen LogP contribution is -2.38. The van der Waals surface area contributed by atoms with E-state index >= 15 is 0 Å². The molecule has 3 aromatic rings. The first-order chi connectivity index (χ1) is 13.5. The second-order valence-electron chi connectivity index (χ2n) is 8.06. The predicted molar refractivity (Wildman–Crippen MR) is 115 cm³/mol. The molecule has 1 fully saturated rings. The number of hydrogen-bond acceptors (Lipinski definition) is 5. The summed E-state index contributed by atoms with van der Waals surface area (Å²) >= 11 is 0. The molecule has 0 amide bonds. The van der Waals surface area contributed by atoms with Gasteiger partial charge in [0.15, 0.2) is 5.82 Å². The fourth-order valence-corrected chi connectivity index (χ4v) is 4.19. The van der Waals surface area contributed by atoms with E-state index in [0.29, 0.717) is 17.3 Å². The summed E-state index contributed by atoms with van der Waals surface area (Å²) < 4.78 is 0. The maximum absolute atomic E-state index is 10.3. The molecule has 0 spiro atoms. The van der Waals surface area contributed by atoms with Gasteiger partial charge in [-0.15, -0.1) is 0 Å². The second kappa shape index (κ2) is 7.76. The third-order valence-electron chi connectivity index (χ3n) is 5.59. The number of rotatable bonds is 4. The summed E-state index contributed by atoms with van der Waals surface area (Å²) in [6.45, 7) is 5.35. The van der Waals surface area contributed by atoms with Crippen molar-refractivity contribution in [3.05, 3.63) is 48.0 Å². The van der Waals surface area contributed by atoms with E-state index in [1.807, 2.05) is 18.2 Å². The van der Waals surface area contributed by atoms with Gasteiger partial charge in [0.1, 0.15) is 11.6 Å². The quantitative estimate of drug-likeness (QED) is 0.743. The van der Waals surface area contributed by atoms with E-state index in [4.69, 9.17) is 9.97 Å². The average Bonchev–Trinajstić information content (AvgIpc) is 2.67. The second-order valence-corrected chi connectivity index (χ2v) is 8.06. The van der Waals surface area contributed by atoms with Gasteiger partial charge in [0, 0.05) is 25.5 Å². The van der Waals surface area contributed by atoms with Gasteiger partial charge >= 0.3 is 0 Å². The van der Waals surface area contributed by atoms with Crippen LogP contribution in [0.3, 0.4) is 0 Å². The first kappa shape index (κ1) is 18.7. The number of benzene rings is 2. The Morgan fingerprint density at radius 2 is 2.00 bits per heavy atom. The highest BCUT2D eigenvalue weighted by Gasteiger charge is 2.21. The number of hydrogen-bond donors (Lipinski definition) is 1. The van der Waals surface area contributed by atoms with Crippen molar-refractivity contribution in [1.82, 2.24) is 14.9 Å². The molecule has 2 aromatic carbocycles. The summed E-state index contributed by atoms with van der Waals surface area (Å²) in [5.41, 5.74) is 2.74. The summed E-state index contributed by atoms with van der Waals surface area (Å²) in [4.78, 5) is 14.3. The number of aryl methyl sites for hydroxylation is 1. The number of para-hydroxylation sites is 1. The Kier molecular flexibility index (Phi) is 5.18. The maximum Gasteiger partial charge on any atom is 0.165 e. The Morgan fingerprint density at radius 3 is 2.79 bits per heavy atom. The summed E-state index contributed by atoms with van der Waals surface area (Å²) in [5, 5.41) is 11.4. The third kappa shape index (κ3) is 3.80. The number of fused-ring (bicyclic) bond motifs is 1. The lowest BCUT2D eigenvalue weighted by atomic mass is 9.98. The van der Waals surface area contributed by atoms with Crippen molar-refractivity contribution in [2.45, 2.75) is 19.8 Å². The lowest BCUT2D eigenvalue weighted by Gasteiger charge is -2.33. The van der Waals surface area contributed by atoms with Gasteiger partial charge in [-0.2, -0.15) is 0 Å². The van der Waals surface area contributed by atoms with Crippen LogP contribution in [-0.4, -0.2) is 53.7 Å². The van der Waals surface area contributed by atoms with E-state index in [-0.39, 0.29) is 5.75 Å². The molecule has 1 saturated heterocycles. The molecule has 1 N–H and O–H groups in total. The Labute approximate surface area is 166 Å². The van der Waals surface area contributed by atoms with Crippen LogP contribution in [0.15, 0.2) is 42.5 Å². The third-order valence-corrected chi connectivity index (χ3v) is 5.59. The molecule has 5 heteroatoms. The molecular formula is C23H28N4O. The summed E-state index contributed by atoms with van der Waals surface area (Å²) in [7, 11) is 4.32. The van der Waals surface area contributed by atoms with E-state index in [1.54, 1.807) is 6.07 Å². The highest BCUT2D eigenvalue weighted by Crippen LogP contribution is 2.32. The van der Waals surface area contributed by atoms with Crippen LogP contribution in [-0.2, 0) is 0 Å². The number of piperidine rings is 1. The van der Waals surface area contributed by atoms with Crippen LogP contribution in [0.25, 0.3) is 22.3 Å². The van der Waals surface area contributed by atoms with Gasteiger partial charge in [-0.05, 0) is 69.1 Å². The number of anilines is 1. The molecule has 0 aliphatic carbocycles. The van der Waals surface area contributed by atoms with Crippen LogP contribution in [0.4, 0.5) is 5.82 Å². The molecule has 1 unspecified atom stereocenters. The lowest BCUT2D eigenvalue weighted by molar-refractivity contribution is 0.213. The number of phenols is 1. The first-order valence-electron chi connectivity index (χ1n) is 9.97. The van der Waals surface area contributed by atoms with Crippen molar-refractivity contribution in [2.75, 3.05) is 38.6 Å². The van der Waals surface area contributed by atoms with Gasteiger partial charge in [-0.25, -0.2) is 9.97 Å². The Bertz CT molecular complexity index is 987. The van der Waals surface area contributed by atoms with Crippen LogP contribution in [0.1, 0.15) is 18.4 Å². The zero-order valence-electron chi connectivity index (χ0n) is 16.9. The molecule has 0 bridgehead atoms. The molecule has 1 aliphatic heterocycles. The highest BCUT2D eigenvalue weighted by atomic mass is 16.3. The molecule has 2 heterocycles. The summed E-state index contributed by atoms with van der Waals surface area (Å²) in [5.74, 6) is 2.33. The zero-order chi connectivity index (χ0) is 19.7. The fourth-order valence-electron chi connectivity index (χ4n) is 4.19. The summed E-state index contributed by atoms with van der Waals surface area (Å²) in [6, 6.07) is 13.6. The van der Waals surface area contributed by atoms with E-state index in [1.165, 1.54) is 19.4 Å². The van der Waals surface area contributed by atoms with Crippen molar-refractivity contribution in [2.24, 2.45) is 5.92 Å². The van der Waals surface area contributed by atoms with Gasteiger partial charge in [0.05, 0.1) is 11.1 Å². The monoisotopic (exact) mass is 376 g/mol. The van der Waals surface area contributed by atoms with Crippen molar-refractivity contribution < 1.29 is 5.11 Å². The zero-order valence-corrected chi connectivity index (χ0v) is 16.9. The SMILES string of the molecule is Cc1ccc2c(N(C)CC3CCCN(C)C3)nc(-c3ccccc3O)nc2c1. The highest BCUT2D eigenvalue weighted by molar-refractivity contribution is 5.91. The standard InChI is InChI=1S/C23H28N4O/c1-16-10-11-18-20(13-16)24-22(19-8-4-5-9-21(19)28)25-23(18)27(3)15-17-7-6-12-26(2)14-17/h4-5,8-11,13,17,28H,6-7,12,14-15H2,1-3H3. The average molecular weight is 377 g/mol. The van der Waals surface area contributed by atoms with Crippen molar-refractivity contribution in [3.63, 3.8) is 0 Å². The van der Waals surface area contributed by atoms with Crippen molar-refractivity contribution in [3.8, 4) is 17.1 Å². The van der Waals surface area contributed by atoms with Gasteiger partial charge < -0.3 is 14.9 Å². The van der Waals surface area contributed by atoms with E-state index in [2.05, 4.69) is 49.0 Å². The minimum atomic E-state index is 0.206. The van der Waals surface area contributed by atoms with Crippen molar-refractivity contribution >= 4 is 16.7 Å². The topological polar surface area (TPSA) is 52.5 Å². The minimum absolute atomic E-state index is 0.206. The molecule has 5 nitrogen and oxygen atoms in total. The Morgan fingerprint density at radius 1 is 1.18 bits per heavy atom. The van der Waals surface area contributed by atoms with E-state index in [0.717, 1.165) is 35.4 Å². The van der Waals surface area contributed by atoms with Crippen molar-refractivity contribution in [1.29, 1.82) is 0 Å². The predicted octanol–water partition coefficient (Wildman–Crippen LogP) is 4.09. The molecule has 146 valence electrons. The fraction of sp³-hybridized carbons (Fsp3) is 0.391. The Balaban J connectivity index is 1.76. The Hall–Kier alpha value is -2.66. The van der Waals surface area contributed by atoms with Crippen LogP contribution in [0, 0.1) is 12.8 Å². The van der Waals surface area contributed by atoms with Crippen LogP contribution in [0.2, 0.25) is 0 Å². The summed E-state index contributed by atoms with van der Waals surface area (Å²) in [6.07, 6.45) is 2.50. The van der Waals surface area contributed by atoms with E-state index < -0.39 is 0 Å². The van der Waals surface area contributed by atoms with E-state index in [9.17, 15) is 5.11 Å². The smallest absolute Gasteiger partial charge is 0.165 e. The molecule has 0 saturated carbocycles. The minimum Gasteiger partial charge on any atom is -0.507 e. The molecule has 0 radical (unpaired) electrons. The molecule has 4 rings (SSSR count).